The summed E-state index contributed by atoms with van der Waals surface area (Å²) >= 11 is 17.2. The fourth-order valence-electron chi connectivity index (χ4n) is 3.07. The molecule has 1 saturated heterocycles. The highest BCUT2D eigenvalue weighted by molar-refractivity contribution is 7.89. The van der Waals surface area contributed by atoms with Crippen molar-refractivity contribution >= 4 is 67.7 Å². The minimum Gasteiger partial charge on any atom is -0.504 e. The summed E-state index contributed by atoms with van der Waals surface area (Å²) in [6, 6.07) is 5.95. The Balaban J connectivity index is 2.06. The maximum Gasteiger partial charge on any atom is 0.258 e. The summed E-state index contributed by atoms with van der Waals surface area (Å²) in [4.78, 5) is 14.2. The molecule has 1 fully saturated rings. The number of aromatic hydroxyl groups is 1. The Labute approximate surface area is 193 Å². The predicted octanol–water partition coefficient (Wildman–Crippen LogP) is 3.08. The number of nitrogens with one attached hydrogen (secondary N) is 1. The third-order valence-electron chi connectivity index (χ3n) is 4.51. The Kier molecular flexibility index (Phi) is 7.04. The van der Waals surface area contributed by atoms with Gasteiger partial charge in [-0.3, -0.25) is 9.69 Å². The van der Waals surface area contributed by atoms with E-state index in [0.29, 0.717) is 0 Å². The number of ketones is 1. The maximum atomic E-state index is 13.5. The van der Waals surface area contributed by atoms with Crippen LogP contribution in [0.1, 0.15) is 12.8 Å². The number of carbonyl (C=O) groups is 1. The van der Waals surface area contributed by atoms with Crippen molar-refractivity contribution in [3.63, 3.8) is 0 Å². The van der Waals surface area contributed by atoms with Crippen molar-refractivity contribution in [1.29, 1.82) is 0 Å². The molecule has 0 aromatic heterocycles. The molecule has 1 heterocycles. The van der Waals surface area contributed by atoms with Gasteiger partial charge in [0, 0.05) is 25.9 Å². The topological polar surface area (TPSA) is 116 Å². The highest BCUT2D eigenvalue weighted by Crippen LogP contribution is 2.43. The van der Waals surface area contributed by atoms with Gasteiger partial charge in [-0.15, -0.1) is 4.83 Å². The van der Waals surface area contributed by atoms with Gasteiger partial charge in [-0.1, -0.05) is 23.2 Å². The summed E-state index contributed by atoms with van der Waals surface area (Å²) in [7, 11) is -4.34. The van der Waals surface area contributed by atoms with Gasteiger partial charge >= 0.3 is 0 Å². The quantitative estimate of drug-likeness (QED) is 0.529. The SMILES string of the molecule is NC(=S)N(c1ccc(F)cc1Cl)c1ccc(Cl)c(S(=O)(=O)NN2CCC(=O)CC2)c1O. The van der Waals surface area contributed by atoms with E-state index >= 15 is 0 Å². The number of Topliss-reactive ketones (excluding diaryl/α,β-unsaturated/α-hetero) is 1. The molecular formula is C18H17Cl2FN4O4S2. The van der Waals surface area contributed by atoms with Crippen LogP contribution in [0.4, 0.5) is 15.8 Å². The van der Waals surface area contributed by atoms with Crippen LogP contribution < -0.4 is 15.5 Å². The van der Waals surface area contributed by atoms with Crippen LogP contribution in [0.2, 0.25) is 10.0 Å². The lowest BCUT2D eigenvalue weighted by atomic mass is 10.1. The fourth-order valence-corrected chi connectivity index (χ4v) is 5.27. The number of hydrogen-bond donors (Lipinski definition) is 3. The number of carbonyl (C=O) groups excluding carboxylic acids is 1. The van der Waals surface area contributed by atoms with E-state index in [4.69, 9.17) is 41.2 Å². The number of benzene rings is 2. The summed E-state index contributed by atoms with van der Waals surface area (Å²) in [5.41, 5.74) is 5.79. The first-order valence-electron chi connectivity index (χ1n) is 8.86. The Morgan fingerprint density at radius 3 is 2.35 bits per heavy atom. The van der Waals surface area contributed by atoms with Gasteiger partial charge in [0.25, 0.3) is 10.0 Å². The summed E-state index contributed by atoms with van der Waals surface area (Å²) < 4.78 is 39.4. The Morgan fingerprint density at radius 2 is 1.77 bits per heavy atom. The van der Waals surface area contributed by atoms with Crippen molar-refractivity contribution in [1.82, 2.24) is 9.84 Å². The lowest BCUT2D eigenvalue weighted by Gasteiger charge is -2.28. The van der Waals surface area contributed by atoms with Gasteiger partial charge in [-0.05, 0) is 42.5 Å². The highest BCUT2D eigenvalue weighted by Gasteiger charge is 2.31. The molecule has 31 heavy (non-hydrogen) atoms. The van der Waals surface area contributed by atoms with Crippen LogP contribution in [0.3, 0.4) is 0 Å². The largest absolute Gasteiger partial charge is 0.504 e. The second kappa shape index (κ2) is 9.23. The predicted molar refractivity (Wildman–Crippen MR) is 120 cm³/mol. The normalized spacial score (nSPS) is 15.1. The van der Waals surface area contributed by atoms with Crippen molar-refractivity contribution < 1.29 is 22.7 Å². The first-order chi connectivity index (χ1) is 14.5. The number of rotatable bonds is 5. The minimum absolute atomic E-state index is 0.0293. The van der Waals surface area contributed by atoms with E-state index in [9.17, 15) is 22.7 Å². The standard InChI is InChI=1S/C18H17Cl2FN4O4S2/c19-12-2-4-15(25(18(22)30)14-3-1-10(21)9-13(14)20)16(27)17(12)31(28,29)23-24-7-5-11(26)6-8-24/h1-4,9,23,27H,5-8H2,(H2,22,30). The number of anilines is 2. The number of piperidine rings is 1. The molecular weight excluding hydrogens is 490 g/mol. The number of halogens is 3. The molecule has 0 radical (unpaired) electrons. The molecule has 0 aliphatic carbocycles. The zero-order valence-electron chi connectivity index (χ0n) is 15.8. The van der Waals surface area contributed by atoms with Crippen molar-refractivity contribution in [3.05, 3.63) is 46.2 Å². The van der Waals surface area contributed by atoms with Gasteiger partial charge in [0.15, 0.2) is 10.9 Å². The zero-order valence-corrected chi connectivity index (χ0v) is 19.0. The molecule has 13 heteroatoms. The van der Waals surface area contributed by atoms with E-state index in [1.807, 2.05) is 0 Å². The Morgan fingerprint density at radius 1 is 1.16 bits per heavy atom. The molecule has 0 atom stereocenters. The molecule has 166 valence electrons. The summed E-state index contributed by atoms with van der Waals surface area (Å²) in [6.45, 7) is 0.362. The van der Waals surface area contributed by atoms with Gasteiger partial charge < -0.3 is 10.8 Å². The van der Waals surface area contributed by atoms with E-state index in [1.165, 1.54) is 23.2 Å². The summed E-state index contributed by atoms with van der Waals surface area (Å²) in [6.07, 6.45) is 0.390. The average Bonchev–Trinajstić information content (AvgIpc) is 2.66. The van der Waals surface area contributed by atoms with Gasteiger partial charge in [-0.25, -0.2) is 17.8 Å². The van der Waals surface area contributed by atoms with Crippen LogP contribution in [0, 0.1) is 5.82 Å². The van der Waals surface area contributed by atoms with Gasteiger partial charge in [-0.2, -0.15) is 0 Å². The molecule has 2 aromatic carbocycles. The first kappa shape index (κ1) is 23.6. The van der Waals surface area contributed by atoms with Crippen LogP contribution >= 0.6 is 35.4 Å². The second-order valence-corrected chi connectivity index (χ2v) is 9.46. The minimum atomic E-state index is -4.34. The monoisotopic (exact) mass is 506 g/mol. The lowest BCUT2D eigenvalue weighted by Crippen LogP contribution is -2.46. The van der Waals surface area contributed by atoms with Crippen LogP contribution in [0.25, 0.3) is 0 Å². The van der Waals surface area contributed by atoms with Crippen molar-refractivity contribution in [3.8, 4) is 5.75 Å². The zero-order chi connectivity index (χ0) is 22.9. The van der Waals surface area contributed by atoms with Crippen LogP contribution in [0.15, 0.2) is 35.2 Å². The molecule has 0 amide bonds. The van der Waals surface area contributed by atoms with Gasteiger partial charge in [0.1, 0.15) is 16.5 Å². The number of nitrogens with two attached hydrogens (primary N) is 1. The molecule has 0 spiro atoms. The molecule has 4 N–H and O–H groups in total. The van der Waals surface area contributed by atoms with Gasteiger partial charge in [0.05, 0.1) is 21.4 Å². The number of thiocarbonyl (C=S) groups is 1. The van der Waals surface area contributed by atoms with Crippen molar-refractivity contribution in [2.24, 2.45) is 5.73 Å². The molecule has 3 rings (SSSR count). The molecule has 0 bridgehead atoms. The molecule has 1 aliphatic heterocycles. The third kappa shape index (κ3) is 5.08. The Hall–Kier alpha value is -2.02. The van der Waals surface area contributed by atoms with E-state index in [1.54, 1.807) is 0 Å². The number of sulfonamides is 1. The molecule has 2 aromatic rings. The maximum absolute atomic E-state index is 13.5. The molecule has 1 aliphatic rings. The van der Waals surface area contributed by atoms with E-state index in [0.717, 1.165) is 17.0 Å². The lowest BCUT2D eigenvalue weighted by molar-refractivity contribution is -0.121. The molecule has 0 unspecified atom stereocenters. The van der Waals surface area contributed by atoms with Crippen LogP contribution in [-0.2, 0) is 14.8 Å². The number of hydrogen-bond acceptors (Lipinski definition) is 6. The number of hydrazine groups is 1. The van der Waals surface area contributed by atoms with Crippen LogP contribution in [0.5, 0.6) is 5.75 Å². The van der Waals surface area contributed by atoms with E-state index < -0.39 is 26.5 Å². The molecule has 0 saturated carbocycles. The van der Waals surface area contributed by atoms with E-state index in [-0.39, 0.29) is 58.2 Å². The number of phenols is 1. The second-order valence-electron chi connectivity index (χ2n) is 6.63. The van der Waals surface area contributed by atoms with Gasteiger partial charge in [0.2, 0.25) is 0 Å². The third-order valence-corrected chi connectivity index (χ3v) is 6.87. The number of nitrogens with zero attached hydrogens (tertiary/aromatic N) is 2. The fraction of sp³-hybridized carbons (Fsp3) is 0.222. The first-order valence-corrected chi connectivity index (χ1v) is 11.5. The summed E-state index contributed by atoms with van der Waals surface area (Å²) in [5.74, 6) is -1.31. The Bertz CT molecular complexity index is 1150. The van der Waals surface area contributed by atoms with Crippen molar-refractivity contribution in [2.45, 2.75) is 17.7 Å². The van der Waals surface area contributed by atoms with Crippen LogP contribution in [-0.4, -0.2) is 42.5 Å². The molecule has 8 nitrogen and oxygen atoms in total. The highest BCUT2D eigenvalue weighted by atomic mass is 35.5. The van der Waals surface area contributed by atoms with E-state index in [2.05, 4.69) is 4.83 Å². The summed E-state index contributed by atoms with van der Waals surface area (Å²) in [5, 5.41) is 11.6. The number of phenolic OH excluding ortho intramolecular Hbond substituents is 1. The average molecular weight is 507 g/mol. The smallest absolute Gasteiger partial charge is 0.258 e. The van der Waals surface area contributed by atoms with Crippen molar-refractivity contribution in [2.75, 3.05) is 18.0 Å².